The Morgan fingerprint density at radius 2 is 2.35 bits per heavy atom. The normalized spacial score (nSPS) is 21.3. The van der Waals surface area contributed by atoms with Crippen LogP contribution in [-0.4, -0.2) is 35.1 Å². The summed E-state index contributed by atoms with van der Waals surface area (Å²) in [6.07, 6.45) is 5.09. The number of likely N-dealkylation sites (tertiary alicyclic amines) is 1. The lowest BCUT2D eigenvalue weighted by molar-refractivity contribution is 0.268. The molecular weight excluding hydrogens is 210 g/mol. The molecule has 0 aromatic carbocycles. The summed E-state index contributed by atoms with van der Waals surface area (Å²) in [6.45, 7) is 10.0. The minimum Gasteiger partial charge on any atom is -0.309 e. The molecule has 0 bridgehead atoms. The van der Waals surface area contributed by atoms with Gasteiger partial charge in [0.2, 0.25) is 0 Å². The Bertz CT molecular complexity index is 362. The van der Waals surface area contributed by atoms with Crippen molar-refractivity contribution >= 4 is 0 Å². The third-order valence-electron chi connectivity index (χ3n) is 3.68. The lowest BCUT2D eigenvalue weighted by atomic mass is 10.1. The van der Waals surface area contributed by atoms with Crippen molar-refractivity contribution in [2.45, 2.75) is 45.8 Å². The second-order valence-corrected chi connectivity index (χ2v) is 5.26. The summed E-state index contributed by atoms with van der Waals surface area (Å²) < 4.78 is 0. The fourth-order valence-corrected chi connectivity index (χ4v) is 2.36. The van der Waals surface area contributed by atoms with E-state index in [0.29, 0.717) is 12.1 Å². The van der Waals surface area contributed by atoms with Crippen molar-refractivity contribution in [1.29, 1.82) is 0 Å². The van der Waals surface area contributed by atoms with Crippen LogP contribution in [0.3, 0.4) is 0 Å². The Balaban J connectivity index is 1.82. The Labute approximate surface area is 104 Å². The summed E-state index contributed by atoms with van der Waals surface area (Å²) in [5.74, 6) is 0. The Hall–Kier alpha value is -0.930. The molecule has 1 aromatic heterocycles. The molecule has 0 radical (unpaired) electrons. The quantitative estimate of drug-likeness (QED) is 0.861. The first-order valence-corrected chi connectivity index (χ1v) is 6.53. The van der Waals surface area contributed by atoms with Gasteiger partial charge in [-0.2, -0.15) is 0 Å². The maximum Gasteiger partial charge on any atom is 0.0315 e. The SMILES string of the molecule is Cc1ccncc1CNC1CCN(C(C)C)C1. The van der Waals surface area contributed by atoms with Crippen molar-refractivity contribution < 1.29 is 0 Å². The zero-order chi connectivity index (χ0) is 12.3. The van der Waals surface area contributed by atoms with Crippen molar-refractivity contribution in [1.82, 2.24) is 15.2 Å². The maximum atomic E-state index is 4.18. The van der Waals surface area contributed by atoms with E-state index in [9.17, 15) is 0 Å². The van der Waals surface area contributed by atoms with Gasteiger partial charge in [0, 0.05) is 37.6 Å². The second-order valence-electron chi connectivity index (χ2n) is 5.26. The Kier molecular flexibility index (Phi) is 4.13. The number of aryl methyl sites for hydroxylation is 1. The van der Waals surface area contributed by atoms with Crippen molar-refractivity contribution in [3.8, 4) is 0 Å². The smallest absolute Gasteiger partial charge is 0.0315 e. The highest BCUT2D eigenvalue weighted by Gasteiger charge is 2.23. The fourth-order valence-electron chi connectivity index (χ4n) is 2.36. The predicted octanol–water partition coefficient (Wildman–Crippen LogP) is 1.96. The van der Waals surface area contributed by atoms with Gasteiger partial charge in [-0.1, -0.05) is 0 Å². The molecule has 1 atom stereocenters. The third kappa shape index (κ3) is 3.27. The van der Waals surface area contributed by atoms with Gasteiger partial charge in [0.15, 0.2) is 0 Å². The summed E-state index contributed by atoms with van der Waals surface area (Å²) in [6, 6.07) is 3.38. The molecule has 0 aliphatic carbocycles. The molecule has 94 valence electrons. The van der Waals surface area contributed by atoms with Crippen LogP contribution < -0.4 is 5.32 Å². The van der Waals surface area contributed by atoms with E-state index in [-0.39, 0.29) is 0 Å². The van der Waals surface area contributed by atoms with Gasteiger partial charge in [0.1, 0.15) is 0 Å². The van der Waals surface area contributed by atoms with Crippen LogP contribution in [0.25, 0.3) is 0 Å². The fraction of sp³-hybridized carbons (Fsp3) is 0.643. The number of nitrogens with one attached hydrogen (secondary N) is 1. The van der Waals surface area contributed by atoms with E-state index >= 15 is 0 Å². The van der Waals surface area contributed by atoms with Gasteiger partial charge in [0.05, 0.1) is 0 Å². The van der Waals surface area contributed by atoms with Gasteiger partial charge in [-0.15, -0.1) is 0 Å². The highest BCUT2D eigenvalue weighted by atomic mass is 15.2. The average molecular weight is 233 g/mol. The largest absolute Gasteiger partial charge is 0.309 e. The Morgan fingerprint density at radius 1 is 1.53 bits per heavy atom. The minimum absolute atomic E-state index is 0.636. The number of hydrogen-bond donors (Lipinski definition) is 1. The monoisotopic (exact) mass is 233 g/mol. The maximum absolute atomic E-state index is 4.18. The molecule has 1 saturated heterocycles. The van der Waals surface area contributed by atoms with E-state index in [2.05, 4.69) is 42.0 Å². The molecule has 1 N–H and O–H groups in total. The summed E-state index contributed by atoms with van der Waals surface area (Å²) in [5, 5.41) is 3.64. The first-order chi connectivity index (χ1) is 8.16. The van der Waals surface area contributed by atoms with Crippen LogP contribution in [0, 0.1) is 6.92 Å². The van der Waals surface area contributed by atoms with Gasteiger partial charge in [-0.3, -0.25) is 9.88 Å². The molecular formula is C14H23N3. The highest BCUT2D eigenvalue weighted by Crippen LogP contribution is 2.13. The molecule has 0 amide bonds. The number of nitrogens with zero attached hydrogens (tertiary/aromatic N) is 2. The summed E-state index contributed by atoms with van der Waals surface area (Å²) >= 11 is 0. The number of rotatable bonds is 4. The van der Waals surface area contributed by atoms with Crippen LogP contribution in [-0.2, 0) is 6.54 Å². The van der Waals surface area contributed by atoms with Crippen molar-refractivity contribution in [2.75, 3.05) is 13.1 Å². The van der Waals surface area contributed by atoms with E-state index in [1.807, 2.05) is 12.4 Å². The van der Waals surface area contributed by atoms with Crippen molar-refractivity contribution in [2.24, 2.45) is 0 Å². The second kappa shape index (κ2) is 5.61. The first-order valence-electron chi connectivity index (χ1n) is 6.53. The predicted molar refractivity (Wildman–Crippen MR) is 70.9 cm³/mol. The molecule has 0 spiro atoms. The van der Waals surface area contributed by atoms with E-state index in [0.717, 1.165) is 6.54 Å². The standard InChI is InChI=1S/C14H23N3/c1-11(2)17-7-5-14(10-17)16-9-13-8-15-6-4-12(13)3/h4,6,8,11,14,16H,5,7,9-10H2,1-3H3. The minimum atomic E-state index is 0.636. The van der Waals surface area contributed by atoms with Crippen LogP contribution in [0.4, 0.5) is 0 Å². The molecule has 3 nitrogen and oxygen atoms in total. The van der Waals surface area contributed by atoms with Crippen LogP contribution in [0.1, 0.15) is 31.4 Å². The zero-order valence-electron chi connectivity index (χ0n) is 11.1. The first kappa shape index (κ1) is 12.5. The van der Waals surface area contributed by atoms with E-state index in [4.69, 9.17) is 0 Å². The summed E-state index contributed by atoms with van der Waals surface area (Å²) in [5.41, 5.74) is 2.64. The van der Waals surface area contributed by atoms with E-state index < -0.39 is 0 Å². The molecule has 2 heterocycles. The van der Waals surface area contributed by atoms with Crippen LogP contribution in [0.5, 0.6) is 0 Å². The van der Waals surface area contributed by atoms with Gasteiger partial charge in [0.25, 0.3) is 0 Å². The number of pyridine rings is 1. The van der Waals surface area contributed by atoms with Gasteiger partial charge in [-0.25, -0.2) is 0 Å². The van der Waals surface area contributed by atoms with Crippen molar-refractivity contribution in [3.05, 3.63) is 29.6 Å². The average Bonchev–Trinajstić information content (AvgIpc) is 2.77. The van der Waals surface area contributed by atoms with E-state index in [1.54, 1.807) is 0 Å². The molecule has 17 heavy (non-hydrogen) atoms. The van der Waals surface area contributed by atoms with Crippen molar-refractivity contribution in [3.63, 3.8) is 0 Å². The topological polar surface area (TPSA) is 28.2 Å². The number of hydrogen-bond acceptors (Lipinski definition) is 3. The van der Waals surface area contributed by atoms with Gasteiger partial charge >= 0.3 is 0 Å². The molecule has 1 aromatic rings. The zero-order valence-corrected chi connectivity index (χ0v) is 11.1. The highest BCUT2D eigenvalue weighted by molar-refractivity contribution is 5.21. The molecule has 1 aliphatic heterocycles. The van der Waals surface area contributed by atoms with Gasteiger partial charge in [-0.05, 0) is 50.9 Å². The molecule has 2 rings (SSSR count). The lowest BCUT2D eigenvalue weighted by Crippen LogP contribution is -2.34. The molecule has 1 aliphatic rings. The molecule has 0 saturated carbocycles. The lowest BCUT2D eigenvalue weighted by Gasteiger charge is -2.20. The van der Waals surface area contributed by atoms with E-state index in [1.165, 1.54) is 30.6 Å². The Morgan fingerprint density at radius 3 is 3.00 bits per heavy atom. The summed E-state index contributed by atoms with van der Waals surface area (Å²) in [7, 11) is 0. The third-order valence-corrected chi connectivity index (χ3v) is 3.68. The van der Waals surface area contributed by atoms with Crippen LogP contribution in [0.2, 0.25) is 0 Å². The summed E-state index contributed by atoms with van der Waals surface area (Å²) in [4.78, 5) is 6.72. The number of aromatic nitrogens is 1. The molecule has 3 heteroatoms. The van der Waals surface area contributed by atoms with Gasteiger partial charge < -0.3 is 5.32 Å². The molecule has 1 fully saturated rings. The van der Waals surface area contributed by atoms with Crippen LogP contribution in [0.15, 0.2) is 18.5 Å². The molecule has 1 unspecified atom stereocenters. The van der Waals surface area contributed by atoms with Crippen LogP contribution >= 0.6 is 0 Å².